The van der Waals surface area contributed by atoms with Crippen molar-refractivity contribution in [3.63, 3.8) is 0 Å². The van der Waals surface area contributed by atoms with E-state index in [9.17, 15) is 9.59 Å². The molecule has 3 heterocycles. The molecule has 12 nitrogen and oxygen atoms in total. The molecule has 0 aliphatic carbocycles. The number of nitrogens with one attached hydrogen (secondary N) is 1. The van der Waals surface area contributed by atoms with Crippen LogP contribution in [0.5, 0.6) is 11.6 Å². The number of nitrogens with zero attached hydrogens (tertiary/aromatic N) is 3. The Morgan fingerprint density at radius 3 is 2.49 bits per heavy atom. The first-order chi connectivity index (χ1) is 22.1. The van der Waals surface area contributed by atoms with Crippen molar-refractivity contribution in [2.24, 2.45) is 11.7 Å². The molecule has 0 bridgehead atoms. The van der Waals surface area contributed by atoms with Gasteiger partial charge in [0.05, 0.1) is 49.6 Å². The number of methoxy groups -OCH3 is 1. The van der Waals surface area contributed by atoms with Crippen LogP contribution in [0.1, 0.15) is 62.5 Å². The zero-order chi connectivity index (χ0) is 33.3. The number of amides is 2. The molecule has 1 aliphatic heterocycles. The number of halogens is 1. The van der Waals surface area contributed by atoms with E-state index in [0.29, 0.717) is 57.3 Å². The SMILES string of the molecule is CNCCOCCOCCOc1cc([C@H](C(=O)N2CCCC2(C(N)=O)[C@@H](C)c2ccc(-c3scnc3C)cc2OC)C(C)C)on1.Cl. The van der Waals surface area contributed by atoms with E-state index in [2.05, 4.69) is 15.5 Å². The van der Waals surface area contributed by atoms with E-state index in [1.807, 2.05) is 58.5 Å². The molecule has 4 rings (SSSR count). The first-order valence-electron chi connectivity index (χ1n) is 15.7. The highest BCUT2D eigenvalue weighted by molar-refractivity contribution is 7.13. The number of hydrogen-bond donors (Lipinski definition) is 2. The van der Waals surface area contributed by atoms with Crippen molar-refractivity contribution in [1.82, 2.24) is 20.4 Å². The lowest BCUT2D eigenvalue weighted by atomic mass is 9.76. The molecule has 260 valence electrons. The fourth-order valence-electron chi connectivity index (χ4n) is 6.21. The first kappa shape index (κ1) is 38.2. The third kappa shape index (κ3) is 8.63. The Bertz CT molecular complexity index is 1450. The van der Waals surface area contributed by atoms with E-state index in [4.69, 9.17) is 29.2 Å². The Labute approximate surface area is 287 Å². The maximum absolute atomic E-state index is 14.4. The number of likely N-dealkylation sites (N-methyl/N-ethyl adjacent to an activating group) is 1. The van der Waals surface area contributed by atoms with Crippen molar-refractivity contribution in [3.8, 4) is 22.1 Å². The molecule has 1 aliphatic rings. The van der Waals surface area contributed by atoms with Crippen LogP contribution in [0, 0.1) is 12.8 Å². The van der Waals surface area contributed by atoms with E-state index in [1.54, 1.807) is 29.4 Å². The zero-order valence-electron chi connectivity index (χ0n) is 28.1. The predicted octanol–water partition coefficient (Wildman–Crippen LogP) is 4.56. The fourth-order valence-corrected chi connectivity index (χ4v) is 7.01. The molecule has 3 N–H and O–H groups in total. The molecule has 2 amide bonds. The van der Waals surface area contributed by atoms with Gasteiger partial charge in [-0.1, -0.05) is 32.9 Å². The van der Waals surface area contributed by atoms with E-state index >= 15 is 0 Å². The van der Waals surface area contributed by atoms with Crippen molar-refractivity contribution >= 4 is 35.6 Å². The van der Waals surface area contributed by atoms with Crippen LogP contribution in [0.3, 0.4) is 0 Å². The largest absolute Gasteiger partial charge is 0.496 e. The molecule has 2 aromatic heterocycles. The van der Waals surface area contributed by atoms with Crippen LogP contribution in [-0.2, 0) is 19.1 Å². The van der Waals surface area contributed by atoms with Gasteiger partial charge in [0.25, 0.3) is 5.88 Å². The molecule has 3 atom stereocenters. The second-order valence-corrected chi connectivity index (χ2v) is 12.6. The van der Waals surface area contributed by atoms with Crippen molar-refractivity contribution in [1.29, 1.82) is 0 Å². The number of nitrogens with two attached hydrogens (primary N) is 1. The lowest BCUT2D eigenvalue weighted by molar-refractivity contribution is -0.147. The van der Waals surface area contributed by atoms with Crippen molar-refractivity contribution in [3.05, 3.63) is 46.8 Å². The molecule has 1 saturated heterocycles. The average Bonchev–Trinajstić information content (AvgIpc) is 3.80. The minimum atomic E-state index is -1.26. The number of likely N-dealkylation sites (tertiary alicyclic amines) is 1. The van der Waals surface area contributed by atoms with E-state index in [-0.39, 0.29) is 36.7 Å². The lowest BCUT2D eigenvalue weighted by Crippen LogP contribution is -2.60. The summed E-state index contributed by atoms with van der Waals surface area (Å²) in [5, 5.41) is 7.06. The van der Waals surface area contributed by atoms with Gasteiger partial charge in [-0.05, 0) is 55.1 Å². The Balaban J connectivity index is 0.00000600. The van der Waals surface area contributed by atoms with Gasteiger partial charge in [0, 0.05) is 25.1 Å². The van der Waals surface area contributed by atoms with Gasteiger partial charge in [-0.15, -0.1) is 23.7 Å². The standard InChI is InChI=1S/C33H47N5O7S.ClH/c1-21(2)29(27-19-28(37-45-27)44-17-16-43-15-14-42-13-11-35-5)31(39)38-12-7-10-33(38,32(34)40)22(3)25-9-8-24(18-26(25)41-6)30-23(4)36-20-46-30;/h8-9,18-22,29,35H,7,10-17H2,1-6H3,(H2,34,40);1H/t22-,29+,33?;/m0./s1. The average molecular weight is 694 g/mol. The Hall–Kier alpha value is -3.23. The molecule has 14 heteroatoms. The highest BCUT2D eigenvalue weighted by Crippen LogP contribution is 2.47. The van der Waals surface area contributed by atoms with Crippen LogP contribution in [0.15, 0.2) is 34.3 Å². The van der Waals surface area contributed by atoms with Crippen LogP contribution in [0.25, 0.3) is 10.4 Å². The normalized spacial score (nSPS) is 17.4. The maximum atomic E-state index is 14.4. The summed E-state index contributed by atoms with van der Waals surface area (Å²) in [6.07, 6.45) is 1.07. The lowest BCUT2D eigenvalue weighted by Gasteiger charge is -2.42. The number of aryl methyl sites for hydroxylation is 1. The van der Waals surface area contributed by atoms with Gasteiger partial charge in [-0.3, -0.25) is 9.59 Å². The number of aromatic nitrogens is 2. The third-order valence-corrected chi connectivity index (χ3v) is 9.61. The molecular weight excluding hydrogens is 646 g/mol. The van der Waals surface area contributed by atoms with Crippen molar-refractivity contribution in [2.75, 3.05) is 60.3 Å². The third-order valence-electron chi connectivity index (χ3n) is 8.63. The molecule has 47 heavy (non-hydrogen) atoms. The molecule has 0 saturated carbocycles. The Morgan fingerprint density at radius 2 is 1.85 bits per heavy atom. The van der Waals surface area contributed by atoms with Crippen LogP contribution >= 0.6 is 23.7 Å². The summed E-state index contributed by atoms with van der Waals surface area (Å²) >= 11 is 1.56. The number of hydrogen-bond acceptors (Lipinski definition) is 11. The van der Waals surface area contributed by atoms with E-state index in [0.717, 1.165) is 28.2 Å². The number of benzene rings is 1. The summed E-state index contributed by atoms with van der Waals surface area (Å²) in [4.78, 5) is 34.9. The predicted molar refractivity (Wildman–Crippen MR) is 183 cm³/mol. The highest BCUT2D eigenvalue weighted by Gasteiger charge is 2.54. The summed E-state index contributed by atoms with van der Waals surface area (Å²) in [6, 6.07) is 7.56. The topological polar surface area (TPSA) is 151 Å². The monoisotopic (exact) mass is 693 g/mol. The zero-order valence-corrected chi connectivity index (χ0v) is 29.7. The minimum absolute atomic E-state index is 0. The van der Waals surface area contributed by atoms with Gasteiger partial charge >= 0.3 is 0 Å². The second-order valence-electron chi connectivity index (χ2n) is 11.8. The minimum Gasteiger partial charge on any atom is -0.496 e. The van der Waals surface area contributed by atoms with Gasteiger partial charge in [-0.2, -0.15) is 0 Å². The second kappa shape index (κ2) is 17.8. The highest BCUT2D eigenvalue weighted by atomic mass is 35.5. The van der Waals surface area contributed by atoms with Gasteiger partial charge in [-0.25, -0.2) is 4.98 Å². The van der Waals surface area contributed by atoms with Crippen LogP contribution in [-0.4, -0.2) is 92.7 Å². The summed E-state index contributed by atoms with van der Waals surface area (Å²) in [5.74, 6) is -0.826. The molecule has 1 unspecified atom stereocenters. The summed E-state index contributed by atoms with van der Waals surface area (Å²) in [7, 11) is 3.48. The summed E-state index contributed by atoms with van der Waals surface area (Å²) < 4.78 is 28.2. The van der Waals surface area contributed by atoms with Gasteiger partial charge in [0.15, 0.2) is 5.76 Å². The number of carbonyl (C=O) groups is 2. The Kier molecular flexibility index (Phi) is 14.5. The van der Waals surface area contributed by atoms with Crippen LogP contribution in [0.4, 0.5) is 0 Å². The molecule has 0 spiro atoms. The molecular formula is C33H48ClN5O7S. The Morgan fingerprint density at radius 1 is 1.13 bits per heavy atom. The number of carbonyl (C=O) groups excluding carboxylic acids is 2. The number of thiazole rings is 1. The number of primary amides is 1. The van der Waals surface area contributed by atoms with Gasteiger partial charge in [0.1, 0.15) is 23.8 Å². The smallest absolute Gasteiger partial charge is 0.254 e. The fraction of sp³-hybridized carbons (Fsp3) is 0.576. The van der Waals surface area contributed by atoms with E-state index < -0.39 is 23.3 Å². The summed E-state index contributed by atoms with van der Waals surface area (Å²) in [6.45, 7) is 11.2. The summed E-state index contributed by atoms with van der Waals surface area (Å²) in [5.41, 5.74) is 9.46. The van der Waals surface area contributed by atoms with Crippen molar-refractivity contribution in [2.45, 2.75) is 57.9 Å². The molecule has 3 aromatic rings. The van der Waals surface area contributed by atoms with E-state index in [1.165, 1.54) is 0 Å². The molecule has 0 radical (unpaired) electrons. The van der Waals surface area contributed by atoms with Crippen LogP contribution < -0.4 is 20.5 Å². The molecule has 1 fully saturated rings. The van der Waals surface area contributed by atoms with Crippen molar-refractivity contribution < 1.29 is 33.1 Å². The number of rotatable bonds is 18. The quantitative estimate of drug-likeness (QED) is 0.182. The van der Waals surface area contributed by atoms with Gasteiger partial charge < -0.3 is 39.4 Å². The number of ether oxygens (including phenoxy) is 4. The molecule has 1 aromatic carbocycles. The first-order valence-corrected chi connectivity index (χ1v) is 16.6. The van der Waals surface area contributed by atoms with Crippen LogP contribution in [0.2, 0.25) is 0 Å². The maximum Gasteiger partial charge on any atom is 0.254 e. The van der Waals surface area contributed by atoms with Gasteiger partial charge in [0.2, 0.25) is 11.8 Å².